The van der Waals surface area contributed by atoms with Crippen LogP contribution in [0.1, 0.15) is 32.1 Å². The van der Waals surface area contributed by atoms with Crippen molar-refractivity contribution >= 4 is 17.3 Å². The van der Waals surface area contributed by atoms with E-state index >= 15 is 0 Å². The van der Waals surface area contributed by atoms with Gasteiger partial charge in [0.2, 0.25) is 0 Å². The second-order valence-electron chi connectivity index (χ2n) is 5.19. The topological polar surface area (TPSA) is 52.7 Å². The maximum atomic E-state index is 9.85. The Morgan fingerprint density at radius 3 is 2.41 bits per heavy atom. The highest BCUT2D eigenvalue weighted by atomic mass is 32.1. The summed E-state index contributed by atoms with van der Waals surface area (Å²) in [4.78, 5) is 4.57. The van der Waals surface area contributed by atoms with E-state index in [0.717, 1.165) is 39.0 Å². The third-order valence-electron chi connectivity index (χ3n) is 4.01. The number of aliphatic hydroxyl groups is 1. The van der Waals surface area contributed by atoms with Crippen LogP contribution in [-0.2, 0) is 0 Å². The number of nitrogens with two attached hydrogens (primary N) is 1. The van der Waals surface area contributed by atoms with E-state index in [-0.39, 0.29) is 6.10 Å². The van der Waals surface area contributed by atoms with E-state index in [9.17, 15) is 5.11 Å². The second-order valence-corrected chi connectivity index (χ2v) is 5.61. The number of piperazine rings is 1. The Morgan fingerprint density at radius 2 is 1.76 bits per heavy atom. The van der Waals surface area contributed by atoms with Gasteiger partial charge in [-0.1, -0.05) is 12.8 Å². The lowest BCUT2D eigenvalue weighted by molar-refractivity contribution is 0.0807. The fourth-order valence-corrected chi connectivity index (χ4v) is 3.13. The van der Waals surface area contributed by atoms with Crippen LogP contribution in [0.3, 0.4) is 0 Å². The van der Waals surface area contributed by atoms with Crippen LogP contribution in [0.4, 0.5) is 0 Å². The zero-order valence-corrected chi connectivity index (χ0v) is 11.2. The van der Waals surface area contributed by atoms with Crippen molar-refractivity contribution in [2.45, 2.75) is 44.2 Å². The van der Waals surface area contributed by atoms with Crippen LogP contribution in [0.25, 0.3) is 0 Å². The predicted octanol–water partition coefficient (Wildman–Crippen LogP) is 0.541. The molecule has 0 bridgehead atoms. The molecule has 2 fully saturated rings. The van der Waals surface area contributed by atoms with Crippen LogP contribution >= 0.6 is 12.2 Å². The lowest BCUT2D eigenvalue weighted by atomic mass is 10.0. The van der Waals surface area contributed by atoms with Crippen molar-refractivity contribution in [2.24, 2.45) is 5.73 Å². The molecule has 2 atom stereocenters. The molecule has 2 unspecified atom stereocenters. The zero-order chi connectivity index (χ0) is 12.3. The van der Waals surface area contributed by atoms with Gasteiger partial charge in [0.05, 0.1) is 6.10 Å². The van der Waals surface area contributed by atoms with Gasteiger partial charge in [0.15, 0.2) is 5.11 Å². The summed E-state index contributed by atoms with van der Waals surface area (Å²) >= 11 is 5.00. The van der Waals surface area contributed by atoms with Crippen LogP contribution in [0, 0.1) is 0 Å². The molecule has 17 heavy (non-hydrogen) atoms. The normalized spacial score (nSPS) is 32.2. The van der Waals surface area contributed by atoms with Gasteiger partial charge in [-0.3, -0.25) is 4.90 Å². The van der Waals surface area contributed by atoms with E-state index in [4.69, 9.17) is 18.0 Å². The molecular weight excluding hydrogens is 234 g/mol. The Bertz CT molecular complexity index is 266. The lowest BCUT2D eigenvalue weighted by Gasteiger charge is -2.39. The molecule has 0 amide bonds. The fourth-order valence-electron chi connectivity index (χ4n) is 2.95. The quantitative estimate of drug-likeness (QED) is 0.530. The molecule has 1 heterocycles. The van der Waals surface area contributed by atoms with Crippen molar-refractivity contribution in [1.29, 1.82) is 0 Å². The average Bonchev–Trinajstić information content (AvgIpc) is 2.54. The van der Waals surface area contributed by atoms with Crippen LogP contribution in [0.5, 0.6) is 0 Å². The molecule has 4 nitrogen and oxygen atoms in total. The van der Waals surface area contributed by atoms with Gasteiger partial charge in [0.25, 0.3) is 0 Å². The van der Waals surface area contributed by atoms with Crippen molar-refractivity contribution in [3.63, 3.8) is 0 Å². The SMILES string of the molecule is NC(=S)N1CCN(C2CCCCC(O)C2)CC1. The Hall–Kier alpha value is -0.390. The predicted molar refractivity (Wildman–Crippen MR) is 72.8 cm³/mol. The average molecular weight is 257 g/mol. The molecular formula is C12H23N3OS. The minimum atomic E-state index is -0.101. The largest absolute Gasteiger partial charge is 0.393 e. The molecule has 3 N–H and O–H groups in total. The van der Waals surface area contributed by atoms with Crippen molar-refractivity contribution in [3.8, 4) is 0 Å². The van der Waals surface area contributed by atoms with Crippen molar-refractivity contribution < 1.29 is 5.11 Å². The van der Waals surface area contributed by atoms with Crippen LogP contribution < -0.4 is 5.73 Å². The number of aliphatic hydroxyl groups excluding tert-OH is 1. The first kappa shape index (κ1) is 13.1. The molecule has 0 spiro atoms. The number of nitrogens with zero attached hydrogens (tertiary/aromatic N) is 2. The van der Waals surface area contributed by atoms with Gasteiger partial charge in [-0.2, -0.15) is 0 Å². The maximum Gasteiger partial charge on any atom is 0.166 e. The molecule has 1 aliphatic carbocycles. The van der Waals surface area contributed by atoms with E-state index in [1.54, 1.807) is 0 Å². The first-order valence-electron chi connectivity index (χ1n) is 6.63. The molecule has 0 aromatic rings. The second kappa shape index (κ2) is 5.98. The number of rotatable bonds is 1. The Morgan fingerprint density at radius 1 is 1.12 bits per heavy atom. The van der Waals surface area contributed by atoms with E-state index in [1.807, 2.05) is 0 Å². The third kappa shape index (κ3) is 3.53. The molecule has 0 aromatic heterocycles. The number of thiocarbonyl (C=S) groups is 1. The summed E-state index contributed by atoms with van der Waals surface area (Å²) in [7, 11) is 0. The summed E-state index contributed by atoms with van der Waals surface area (Å²) in [6.45, 7) is 3.91. The van der Waals surface area contributed by atoms with E-state index in [0.29, 0.717) is 11.2 Å². The molecule has 5 heteroatoms. The van der Waals surface area contributed by atoms with Gasteiger partial charge in [0.1, 0.15) is 0 Å². The van der Waals surface area contributed by atoms with Crippen LogP contribution in [-0.4, -0.2) is 58.3 Å². The summed E-state index contributed by atoms with van der Waals surface area (Å²) in [5.74, 6) is 0. The molecule has 98 valence electrons. The summed E-state index contributed by atoms with van der Waals surface area (Å²) < 4.78 is 0. The zero-order valence-electron chi connectivity index (χ0n) is 10.3. The minimum absolute atomic E-state index is 0.101. The first-order chi connectivity index (χ1) is 8.16. The number of hydrogen-bond donors (Lipinski definition) is 2. The van der Waals surface area contributed by atoms with Gasteiger partial charge < -0.3 is 15.7 Å². The smallest absolute Gasteiger partial charge is 0.166 e. The van der Waals surface area contributed by atoms with Crippen molar-refractivity contribution in [3.05, 3.63) is 0 Å². The molecule has 1 saturated carbocycles. The molecule has 1 aliphatic heterocycles. The van der Waals surface area contributed by atoms with Gasteiger partial charge in [-0.05, 0) is 31.5 Å². The van der Waals surface area contributed by atoms with Crippen molar-refractivity contribution in [2.75, 3.05) is 26.2 Å². The molecule has 0 radical (unpaired) electrons. The maximum absolute atomic E-state index is 9.85. The summed E-state index contributed by atoms with van der Waals surface area (Å²) in [5, 5.41) is 10.4. The van der Waals surface area contributed by atoms with E-state index < -0.39 is 0 Å². The Labute approximate surface area is 109 Å². The Balaban J connectivity index is 1.84. The standard InChI is InChI=1S/C12H23N3OS/c13-12(17)15-7-5-14(6-8-15)10-3-1-2-4-11(16)9-10/h10-11,16H,1-9H2,(H2,13,17). The summed E-state index contributed by atoms with van der Waals surface area (Å²) in [6, 6.07) is 0.556. The molecule has 0 aromatic carbocycles. The highest BCUT2D eigenvalue weighted by molar-refractivity contribution is 7.80. The highest BCUT2D eigenvalue weighted by Crippen LogP contribution is 2.23. The third-order valence-corrected chi connectivity index (χ3v) is 4.27. The fraction of sp³-hybridized carbons (Fsp3) is 0.917. The van der Waals surface area contributed by atoms with Crippen molar-refractivity contribution in [1.82, 2.24) is 9.80 Å². The molecule has 2 aliphatic rings. The first-order valence-corrected chi connectivity index (χ1v) is 7.04. The molecule has 1 saturated heterocycles. The molecule has 2 rings (SSSR count). The van der Waals surface area contributed by atoms with Gasteiger partial charge in [0, 0.05) is 32.2 Å². The van der Waals surface area contributed by atoms with Gasteiger partial charge >= 0.3 is 0 Å². The van der Waals surface area contributed by atoms with Gasteiger partial charge in [-0.25, -0.2) is 0 Å². The van der Waals surface area contributed by atoms with Gasteiger partial charge in [-0.15, -0.1) is 0 Å². The van der Waals surface area contributed by atoms with E-state index in [2.05, 4.69) is 9.80 Å². The minimum Gasteiger partial charge on any atom is -0.393 e. The van der Waals surface area contributed by atoms with Crippen LogP contribution in [0.2, 0.25) is 0 Å². The summed E-state index contributed by atoms with van der Waals surface area (Å²) in [6.07, 6.45) is 5.46. The summed E-state index contributed by atoms with van der Waals surface area (Å²) in [5.41, 5.74) is 5.64. The highest BCUT2D eigenvalue weighted by Gasteiger charge is 2.27. The monoisotopic (exact) mass is 257 g/mol. The number of hydrogen-bond acceptors (Lipinski definition) is 3. The lowest BCUT2D eigenvalue weighted by Crippen LogP contribution is -2.53. The Kier molecular flexibility index (Phi) is 4.59. The van der Waals surface area contributed by atoms with E-state index in [1.165, 1.54) is 19.3 Å². The van der Waals surface area contributed by atoms with Crippen LogP contribution in [0.15, 0.2) is 0 Å².